The molecule has 0 bridgehead atoms. The number of nitro groups is 2. The van der Waals surface area contributed by atoms with Crippen molar-refractivity contribution >= 4 is 33.7 Å². The van der Waals surface area contributed by atoms with E-state index >= 15 is 0 Å². The van der Waals surface area contributed by atoms with Crippen molar-refractivity contribution in [2.75, 3.05) is 11.9 Å². The van der Waals surface area contributed by atoms with Gasteiger partial charge in [-0.25, -0.2) is 0 Å². The van der Waals surface area contributed by atoms with E-state index in [1.807, 2.05) is 18.5 Å². The van der Waals surface area contributed by atoms with Gasteiger partial charge in [-0.2, -0.15) is 0 Å². The van der Waals surface area contributed by atoms with Gasteiger partial charge in [-0.05, 0) is 26.0 Å². The van der Waals surface area contributed by atoms with Crippen molar-refractivity contribution in [2.24, 2.45) is 7.05 Å². The fourth-order valence-electron chi connectivity index (χ4n) is 4.34. The number of hydrogen-bond acceptors (Lipinski definition) is 6. The third-order valence-electron chi connectivity index (χ3n) is 6.08. The van der Waals surface area contributed by atoms with E-state index in [1.165, 1.54) is 24.3 Å². The molecule has 0 amide bonds. The average Bonchev–Trinajstić information content (AvgIpc) is 3.05. The van der Waals surface area contributed by atoms with Crippen LogP contribution in [0.4, 0.5) is 17.1 Å². The number of hydrogen-bond donors (Lipinski definition) is 0. The molecule has 0 saturated heterocycles. The summed E-state index contributed by atoms with van der Waals surface area (Å²) in [7, 11) is 3.60. The number of benzene rings is 2. The summed E-state index contributed by atoms with van der Waals surface area (Å²) >= 11 is 0. The number of non-ortho nitro benzene ring substituents is 2. The van der Waals surface area contributed by atoms with Crippen molar-refractivity contribution in [3.05, 3.63) is 73.4 Å². The molecule has 1 atom stereocenters. The van der Waals surface area contributed by atoms with Gasteiger partial charge in [-0.15, -0.1) is 0 Å². The van der Waals surface area contributed by atoms with Crippen molar-refractivity contribution in [1.82, 2.24) is 4.57 Å². The van der Waals surface area contributed by atoms with Crippen molar-refractivity contribution in [2.45, 2.75) is 19.4 Å². The Labute approximate surface area is 165 Å². The highest BCUT2D eigenvalue weighted by Crippen LogP contribution is 2.48. The number of likely N-dealkylation sites (N-methyl/N-ethyl adjacent to an activating group) is 1. The zero-order valence-electron chi connectivity index (χ0n) is 16.3. The fraction of sp³-hybridized carbons (Fsp3) is 0.250. The number of ketones is 1. The van der Waals surface area contributed by atoms with Gasteiger partial charge in [0, 0.05) is 66.2 Å². The summed E-state index contributed by atoms with van der Waals surface area (Å²) in [6.45, 7) is 3.61. The number of nitro benzene ring substituents is 2. The Balaban J connectivity index is 2.01. The van der Waals surface area contributed by atoms with Crippen LogP contribution >= 0.6 is 0 Å². The van der Waals surface area contributed by atoms with Crippen LogP contribution in [0.15, 0.2) is 36.4 Å². The second-order valence-electron chi connectivity index (χ2n) is 7.40. The zero-order valence-corrected chi connectivity index (χ0v) is 16.3. The first kappa shape index (κ1) is 18.6. The van der Waals surface area contributed by atoms with Crippen molar-refractivity contribution in [3.63, 3.8) is 0 Å². The molecular formula is C20H18N4O5. The first-order valence-corrected chi connectivity index (χ1v) is 8.90. The maximum Gasteiger partial charge on any atom is 0.270 e. The van der Waals surface area contributed by atoms with Crippen LogP contribution in [0.1, 0.15) is 28.5 Å². The van der Waals surface area contributed by atoms with E-state index in [0.717, 1.165) is 11.2 Å². The zero-order chi connectivity index (χ0) is 21.2. The van der Waals surface area contributed by atoms with Gasteiger partial charge in [-0.3, -0.25) is 25.0 Å². The number of fused-ring (bicyclic) bond motifs is 2. The molecule has 2 heterocycles. The summed E-state index contributed by atoms with van der Waals surface area (Å²) in [5, 5.41) is 23.1. The molecular weight excluding hydrogens is 376 g/mol. The molecule has 0 aliphatic carbocycles. The highest BCUT2D eigenvalue weighted by molar-refractivity contribution is 6.16. The number of aryl methyl sites for hydroxylation is 1. The summed E-state index contributed by atoms with van der Waals surface area (Å²) in [4.78, 5) is 36.8. The third-order valence-corrected chi connectivity index (χ3v) is 6.08. The molecule has 3 aromatic rings. The van der Waals surface area contributed by atoms with Gasteiger partial charge in [0.1, 0.15) is 5.54 Å². The second-order valence-corrected chi connectivity index (χ2v) is 7.40. The van der Waals surface area contributed by atoms with Crippen LogP contribution in [0.5, 0.6) is 0 Å². The smallest absolute Gasteiger partial charge is 0.270 e. The normalized spacial score (nSPS) is 18.3. The molecule has 0 fully saturated rings. The van der Waals surface area contributed by atoms with E-state index in [1.54, 1.807) is 31.0 Å². The van der Waals surface area contributed by atoms with Gasteiger partial charge in [-0.1, -0.05) is 0 Å². The van der Waals surface area contributed by atoms with E-state index in [2.05, 4.69) is 0 Å². The number of carbonyl (C=O) groups excluding carboxylic acids is 1. The molecule has 0 saturated carbocycles. The van der Waals surface area contributed by atoms with Gasteiger partial charge in [0.15, 0.2) is 5.78 Å². The lowest BCUT2D eigenvalue weighted by atomic mass is 9.85. The summed E-state index contributed by atoms with van der Waals surface area (Å²) < 4.78 is 1.90. The maximum absolute atomic E-state index is 13.5. The van der Waals surface area contributed by atoms with Crippen LogP contribution in [-0.4, -0.2) is 27.2 Å². The molecule has 29 heavy (non-hydrogen) atoms. The predicted octanol–water partition coefficient (Wildman–Crippen LogP) is 3.85. The maximum atomic E-state index is 13.5. The number of nitrogens with zero attached hydrogens (tertiary/aromatic N) is 4. The van der Waals surface area contributed by atoms with E-state index in [4.69, 9.17) is 0 Å². The minimum Gasteiger partial charge on any atom is -0.357 e. The van der Waals surface area contributed by atoms with Crippen molar-refractivity contribution in [3.8, 4) is 0 Å². The first-order chi connectivity index (χ1) is 13.6. The summed E-state index contributed by atoms with van der Waals surface area (Å²) in [6, 6.07) is 8.82. The largest absolute Gasteiger partial charge is 0.357 e. The summed E-state index contributed by atoms with van der Waals surface area (Å²) in [5.74, 6) is -0.277. The molecule has 4 rings (SSSR count). The van der Waals surface area contributed by atoms with Crippen LogP contribution < -0.4 is 4.90 Å². The van der Waals surface area contributed by atoms with Gasteiger partial charge < -0.3 is 9.47 Å². The molecule has 1 aliphatic rings. The van der Waals surface area contributed by atoms with Crippen LogP contribution in [0.3, 0.4) is 0 Å². The van der Waals surface area contributed by atoms with E-state index in [0.29, 0.717) is 16.6 Å². The highest BCUT2D eigenvalue weighted by atomic mass is 16.6. The van der Waals surface area contributed by atoms with Crippen LogP contribution in [0, 0.1) is 27.2 Å². The lowest BCUT2D eigenvalue weighted by Crippen LogP contribution is -2.43. The number of anilines is 1. The van der Waals surface area contributed by atoms with Crippen LogP contribution in [-0.2, 0) is 12.6 Å². The minimum absolute atomic E-state index is 0.0609. The second kappa shape index (κ2) is 5.87. The summed E-state index contributed by atoms with van der Waals surface area (Å²) in [6.07, 6.45) is 0. The molecule has 1 aliphatic heterocycles. The van der Waals surface area contributed by atoms with Crippen LogP contribution in [0.25, 0.3) is 10.9 Å². The Morgan fingerprint density at radius 2 is 1.55 bits per heavy atom. The predicted molar refractivity (Wildman–Crippen MR) is 107 cm³/mol. The average molecular weight is 394 g/mol. The lowest BCUT2D eigenvalue weighted by Gasteiger charge is -2.33. The molecule has 0 spiro atoms. The Bertz CT molecular complexity index is 1250. The molecule has 2 aromatic carbocycles. The molecule has 148 valence electrons. The van der Waals surface area contributed by atoms with Crippen molar-refractivity contribution in [1.29, 1.82) is 0 Å². The third kappa shape index (κ3) is 2.30. The molecule has 9 nitrogen and oxygen atoms in total. The Kier molecular flexibility index (Phi) is 3.77. The van der Waals surface area contributed by atoms with E-state index in [9.17, 15) is 25.0 Å². The Hall–Kier alpha value is -3.75. The number of aromatic nitrogens is 1. The molecule has 1 aromatic heterocycles. The first-order valence-electron chi connectivity index (χ1n) is 8.90. The molecule has 0 N–H and O–H groups in total. The number of Topliss-reactive ketones (excluding diaryl/α,β-unsaturated/α-hetero) is 1. The standard InChI is InChI=1S/C20H18N4O5/c1-11-18(14-9-12(23(26)27)5-7-16(14)21(11)3)20(2)19(25)15-10-13(24(28)29)6-8-17(15)22(20)4/h5-10H,1-4H3. The number of rotatable bonds is 3. The lowest BCUT2D eigenvalue weighted by molar-refractivity contribution is -0.385. The SMILES string of the molecule is Cc1c(C2(C)C(=O)c3cc([N+](=O)[O-])ccc3N2C)c2cc([N+](=O)[O-])ccc2n1C. The Morgan fingerprint density at radius 3 is 2.17 bits per heavy atom. The fourth-order valence-corrected chi connectivity index (χ4v) is 4.34. The molecule has 9 heteroatoms. The highest BCUT2D eigenvalue weighted by Gasteiger charge is 2.50. The molecule has 1 unspecified atom stereocenters. The van der Waals surface area contributed by atoms with Crippen molar-refractivity contribution < 1.29 is 14.6 Å². The van der Waals surface area contributed by atoms with Crippen LogP contribution in [0.2, 0.25) is 0 Å². The summed E-state index contributed by atoms with van der Waals surface area (Å²) in [5.41, 5.74) is 1.71. The van der Waals surface area contributed by atoms with Gasteiger partial charge in [0.25, 0.3) is 11.4 Å². The van der Waals surface area contributed by atoms with E-state index in [-0.39, 0.29) is 22.7 Å². The van der Waals surface area contributed by atoms with Gasteiger partial charge in [0.05, 0.1) is 15.4 Å². The minimum atomic E-state index is -1.16. The topological polar surface area (TPSA) is 112 Å². The monoisotopic (exact) mass is 394 g/mol. The molecule has 0 radical (unpaired) electrons. The van der Waals surface area contributed by atoms with Gasteiger partial charge in [0.2, 0.25) is 0 Å². The quantitative estimate of drug-likeness (QED) is 0.493. The van der Waals surface area contributed by atoms with E-state index < -0.39 is 15.4 Å². The number of carbonyl (C=O) groups is 1. The van der Waals surface area contributed by atoms with Gasteiger partial charge >= 0.3 is 0 Å². The Morgan fingerprint density at radius 1 is 0.966 bits per heavy atom.